The van der Waals surface area contributed by atoms with Crippen molar-refractivity contribution in [2.45, 2.75) is 6.92 Å². The molecule has 0 bridgehead atoms. The molecule has 3 N–H and O–H groups in total. The van der Waals surface area contributed by atoms with E-state index >= 15 is 0 Å². The average Bonchev–Trinajstić information content (AvgIpc) is 2.78. The van der Waals surface area contributed by atoms with Gasteiger partial charge in [-0.15, -0.1) is 0 Å². The Balaban J connectivity index is 2.07. The zero-order chi connectivity index (χ0) is 15.0. The van der Waals surface area contributed by atoms with Crippen LogP contribution in [0.2, 0.25) is 0 Å². The van der Waals surface area contributed by atoms with Gasteiger partial charge >= 0.3 is 0 Å². The van der Waals surface area contributed by atoms with Crippen LogP contribution in [0, 0.1) is 6.92 Å². The summed E-state index contributed by atoms with van der Waals surface area (Å²) in [6, 6.07) is 9.56. The third kappa shape index (κ3) is 2.81. The maximum atomic E-state index is 11.0. The summed E-state index contributed by atoms with van der Waals surface area (Å²) in [6.07, 6.45) is 0. The van der Waals surface area contributed by atoms with E-state index in [1.807, 2.05) is 37.3 Å². The van der Waals surface area contributed by atoms with Crippen molar-refractivity contribution in [3.8, 4) is 0 Å². The molecular weight excluding hydrogens is 290 g/mol. The number of para-hydroxylation sites is 1. The van der Waals surface area contributed by atoms with Crippen molar-refractivity contribution < 1.29 is 8.42 Å². The van der Waals surface area contributed by atoms with E-state index in [0.717, 1.165) is 16.6 Å². The number of hydrogen-bond acceptors (Lipinski definition) is 5. The van der Waals surface area contributed by atoms with Crippen LogP contribution in [0.15, 0.2) is 30.3 Å². The van der Waals surface area contributed by atoms with Crippen molar-refractivity contribution in [1.82, 2.24) is 14.6 Å². The number of rotatable bonds is 4. The molecule has 21 heavy (non-hydrogen) atoms. The van der Waals surface area contributed by atoms with Crippen molar-refractivity contribution in [3.05, 3.63) is 36.0 Å². The smallest absolute Gasteiger partial charge is 0.210 e. The summed E-state index contributed by atoms with van der Waals surface area (Å²) in [6.45, 7) is 2.11. The number of fused-ring (bicyclic) bond motifs is 3. The predicted molar refractivity (Wildman–Crippen MR) is 81.7 cm³/mol. The topological polar surface area (TPSA) is 102 Å². The lowest BCUT2D eigenvalue weighted by molar-refractivity contribution is 0.598. The number of hydrogen-bond donors (Lipinski definition) is 2. The van der Waals surface area contributed by atoms with E-state index in [4.69, 9.17) is 5.14 Å². The molecular formula is C13H15N5O2S. The van der Waals surface area contributed by atoms with Crippen LogP contribution >= 0.6 is 0 Å². The highest BCUT2D eigenvalue weighted by atomic mass is 32.2. The minimum absolute atomic E-state index is 0.146. The van der Waals surface area contributed by atoms with Crippen LogP contribution in [0.5, 0.6) is 0 Å². The Morgan fingerprint density at radius 1 is 1.33 bits per heavy atom. The van der Waals surface area contributed by atoms with Gasteiger partial charge in [-0.05, 0) is 19.1 Å². The molecule has 2 aromatic heterocycles. The first-order chi connectivity index (χ1) is 9.94. The molecule has 0 atom stereocenters. The second kappa shape index (κ2) is 4.97. The molecule has 7 nitrogen and oxygen atoms in total. The van der Waals surface area contributed by atoms with Crippen LogP contribution in [-0.4, -0.2) is 35.3 Å². The molecule has 3 aromatic rings. The van der Waals surface area contributed by atoms with Gasteiger partial charge in [0.2, 0.25) is 10.0 Å². The highest BCUT2D eigenvalue weighted by Crippen LogP contribution is 2.23. The Morgan fingerprint density at radius 3 is 2.86 bits per heavy atom. The molecule has 0 aliphatic heterocycles. The molecule has 0 radical (unpaired) electrons. The number of nitrogens with two attached hydrogens (primary N) is 1. The molecule has 0 fully saturated rings. The molecule has 8 heteroatoms. The van der Waals surface area contributed by atoms with Gasteiger partial charge in [-0.2, -0.15) is 5.10 Å². The molecule has 0 unspecified atom stereocenters. The largest absolute Gasteiger partial charge is 0.368 e. The van der Waals surface area contributed by atoms with Crippen molar-refractivity contribution in [1.29, 1.82) is 0 Å². The molecule has 0 aliphatic rings. The molecule has 110 valence electrons. The van der Waals surface area contributed by atoms with Gasteiger partial charge in [0.1, 0.15) is 5.82 Å². The first kappa shape index (κ1) is 13.8. The van der Waals surface area contributed by atoms with Gasteiger partial charge in [0.25, 0.3) is 0 Å². The average molecular weight is 305 g/mol. The first-order valence-electron chi connectivity index (χ1n) is 6.43. The molecule has 0 spiro atoms. The van der Waals surface area contributed by atoms with Gasteiger partial charge in [-0.3, -0.25) is 0 Å². The third-order valence-electron chi connectivity index (χ3n) is 3.11. The second-order valence-electron chi connectivity index (χ2n) is 4.83. The summed E-state index contributed by atoms with van der Waals surface area (Å²) < 4.78 is 23.8. The Morgan fingerprint density at radius 2 is 2.10 bits per heavy atom. The molecule has 1 aromatic carbocycles. The van der Waals surface area contributed by atoms with Crippen molar-refractivity contribution in [2.75, 3.05) is 17.6 Å². The number of sulfonamides is 1. The lowest BCUT2D eigenvalue weighted by Gasteiger charge is -2.09. The van der Waals surface area contributed by atoms with Gasteiger partial charge in [-0.1, -0.05) is 12.1 Å². The number of nitrogens with zero attached hydrogens (tertiary/aromatic N) is 3. The number of benzene rings is 1. The lowest BCUT2D eigenvalue weighted by Crippen LogP contribution is -2.22. The van der Waals surface area contributed by atoms with E-state index in [1.54, 1.807) is 4.52 Å². The summed E-state index contributed by atoms with van der Waals surface area (Å²) in [5.41, 5.74) is 2.49. The summed E-state index contributed by atoms with van der Waals surface area (Å²) in [5.74, 6) is 0.480. The highest BCUT2D eigenvalue weighted by molar-refractivity contribution is 7.89. The zero-order valence-corrected chi connectivity index (χ0v) is 12.3. The van der Waals surface area contributed by atoms with E-state index in [2.05, 4.69) is 15.4 Å². The summed E-state index contributed by atoms with van der Waals surface area (Å²) in [7, 11) is -3.49. The Labute approximate surface area is 121 Å². The van der Waals surface area contributed by atoms with Crippen LogP contribution in [0.25, 0.3) is 16.6 Å². The highest BCUT2D eigenvalue weighted by Gasteiger charge is 2.10. The van der Waals surface area contributed by atoms with Crippen LogP contribution in [0.4, 0.5) is 5.82 Å². The van der Waals surface area contributed by atoms with E-state index in [9.17, 15) is 8.42 Å². The Kier molecular flexibility index (Phi) is 3.26. The normalized spacial score (nSPS) is 12.1. The van der Waals surface area contributed by atoms with E-state index < -0.39 is 10.0 Å². The zero-order valence-electron chi connectivity index (χ0n) is 11.4. The lowest BCUT2D eigenvalue weighted by atomic mass is 10.2. The summed E-state index contributed by atoms with van der Waals surface area (Å²) in [5, 5.41) is 13.3. The molecule has 0 aliphatic carbocycles. The first-order valence-corrected chi connectivity index (χ1v) is 8.15. The number of nitrogens with one attached hydrogen (secondary N) is 1. The predicted octanol–water partition coefficient (Wildman–Crippen LogP) is 0.891. The minimum Gasteiger partial charge on any atom is -0.368 e. The molecule has 0 saturated heterocycles. The van der Waals surface area contributed by atoms with E-state index in [1.165, 1.54) is 0 Å². The summed E-state index contributed by atoms with van der Waals surface area (Å²) in [4.78, 5) is 4.50. The van der Waals surface area contributed by atoms with Crippen LogP contribution < -0.4 is 10.5 Å². The Hall–Kier alpha value is -2.19. The third-order valence-corrected chi connectivity index (χ3v) is 3.88. The number of primary sulfonamides is 1. The maximum Gasteiger partial charge on any atom is 0.210 e. The van der Waals surface area contributed by atoms with E-state index in [-0.39, 0.29) is 12.3 Å². The van der Waals surface area contributed by atoms with Crippen LogP contribution in [-0.2, 0) is 10.0 Å². The number of aryl methyl sites for hydroxylation is 1. The van der Waals surface area contributed by atoms with Gasteiger partial charge in [0.15, 0.2) is 5.65 Å². The fraction of sp³-hybridized carbons (Fsp3) is 0.231. The quantitative estimate of drug-likeness (QED) is 0.745. The van der Waals surface area contributed by atoms with Crippen molar-refractivity contribution >= 4 is 32.4 Å². The fourth-order valence-corrected chi connectivity index (χ4v) is 2.61. The molecule has 0 amide bonds. The minimum atomic E-state index is -3.49. The fourth-order valence-electron chi connectivity index (χ4n) is 2.22. The summed E-state index contributed by atoms with van der Waals surface area (Å²) >= 11 is 0. The van der Waals surface area contributed by atoms with Gasteiger partial charge in [-0.25, -0.2) is 23.1 Å². The monoisotopic (exact) mass is 305 g/mol. The van der Waals surface area contributed by atoms with Crippen molar-refractivity contribution in [2.24, 2.45) is 5.14 Å². The Bertz CT molecular complexity index is 917. The maximum absolute atomic E-state index is 11.0. The molecule has 0 saturated carbocycles. The van der Waals surface area contributed by atoms with Crippen molar-refractivity contribution in [3.63, 3.8) is 0 Å². The van der Waals surface area contributed by atoms with E-state index in [0.29, 0.717) is 11.5 Å². The second-order valence-corrected chi connectivity index (χ2v) is 6.56. The number of anilines is 1. The number of aromatic nitrogens is 3. The SMILES string of the molecule is Cc1cc2nc(NCCS(N)(=O)=O)c3ccccc3n2n1. The van der Waals surface area contributed by atoms with Gasteiger partial charge in [0.05, 0.1) is 17.0 Å². The van der Waals surface area contributed by atoms with Crippen LogP contribution in [0.1, 0.15) is 5.69 Å². The molecule has 3 rings (SSSR count). The van der Waals surface area contributed by atoms with Crippen LogP contribution in [0.3, 0.4) is 0 Å². The van der Waals surface area contributed by atoms with Gasteiger partial charge in [0, 0.05) is 18.0 Å². The van der Waals surface area contributed by atoms with Gasteiger partial charge < -0.3 is 5.32 Å². The standard InChI is InChI=1S/C13H15N5O2S/c1-9-8-12-16-13(15-6-7-21(14,19)20)10-4-2-3-5-11(10)18(12)17-9/h2-5,8H,6-7H2,1H3,(H,15,16)(H2,14,19,20). The molecule has 2 heterocycles.